The topological polar surface area (TPSA) is 91.8 Å². The maximum Gasteiger partial charge on any atom is 0.335 e. The highest BCUT2D eigenvalue weighted by Crippen LogP contribution is 2.33. The first-order valence-corrected chi connectivity index (χ1v) is 10.0. The molecule has 2 aliphatic rings. The number of sulfone groups is 1. The molecule has 0 bridgehead atoms. The lowest BCUT2D eigenvalue weighted by molar-refractivity contribution is -0.133. The van der Waals surface area contributed by atoms with Crippen molar-refractivity contribution in [1.82, 2.24) is 4.90 Å². The maximum absolute atomic E-state index is 12.7. The van der Waals surface area contributed by atoms with Crippen molar-refractivity contribution in [2.24, 2.45) is 0 Å². The fourth-order valence-electron chi connectivity index (χ4n) is 3.37. The van der Waals surface area contributed by atoms with E-state index in [4.69, 9.17) is 0 Å². The fraction of sp³-hybridized carbons (Fsp3) is 0.529. The number of amides is 1. The monoisotopic (exact) mass is 351 g/mol. The lowest BCUT2D eigenvalue weighted by Gasteiger charge is -2.28. The van der Waals surface area contributed by atoms with Crippen LogP contribution in [0.5, 0.6) is 0 Å². The fourth-order valence-corrected chi connectivity index (χ4v) is 5.08. The average Bonchev–Trinajstić information content (AvgIpc) is 3.29. The van der Waals surface area contributed by atoms with Crippen LogP contribution in [0.3, 0.4) is 0 Å². The van der Waals surface area contributed by atoms with Gasteiger partial charge >= 0.3 is 5.97 Å². The third-order valence-corrected chi connectivity index (χ3v) is 6.44. The number of aryl methyl sites for hydroxylation is 1. The predicted molar refractivity (Wildman–Crippen MR) is 88.6 cm³/mol. The second-order valence-electron chi connectivity index (χ2n) is 6.55. The lowest BCUT2D eigenvalue weighted by atomic mass is 10.0. The van der Waals surface area contributed by atoms with Crippen LogP contribution in [0.4, 0.5) is 0 Å². The summed E-state index contributed by atoms with van der Waals surface area (Å²) in [6, 6.07) is 6.61. The van der Waals surface area contributed by atoms with E-state index in [-0.39, 0.29) is 41.5 Å². The zero-order valence-corrected chi connectivity index (χ0v) is 14.2. The Morgan fingerprint density at radius 2 is 1.83 bits per heavy atom. The van der Waals surface area contributed by atoms with Crippen LogP contribution in [-0.2, 0) is 21.1 Å². The van der Waals surface area contributed by atoms with E-state index in [0.717, 1.165) is 12.8 Å². The van der Waals surface area contributed by atoms with Crippen LogP contribution in [-0.4, -0.2) is 53.9 Å². The molecule has 1 amide bonds. The highest BCUT2D eigenvalue weighted by molar-refractivity contribution is 7.91. The molecule has 1 saturated carbocycles. The Balaban J connectivity index is 1.68. The maximum atomic E-state index is 12.7. The quantitative estimate of drug-likeness (QED) is 0.838. The van der Waals surface area contributed by atoms with Crippen molar-refractivity contribution >= 4 is 21.7 Å². The minimum absolute atomic E-state index is 0.0565. The standard InChI is InChI=1S/C17H21NO5S/c19-16(8-5-12-3-1-2-4-15(12)17(20)21)18(13-6-7-13)14-9-10-24(22,23)11-14/h1-4,13-14H,5-11H2,(H,20,21). The van der Waals surface area contributed by atoms with E-state index in [0.29, 0.717) is 18.4 Å². The Morgan fingerprint density at radius 3 is 2.42 bits per heavy atom. The zero-order valence-electron chi connectivity index (χ0n) is 13.3. The van der Waals surface area contributed by atoms with Crippen molar-refractivity contribution in [3.63, 3.8) is 0 Å². The number of carbonyl (C=O) groups is 2. The molecule has 7 heteroatoms. The van der Waals surface area contributed by atoms with Gasteiger partial charge in [0.25, 0.3) is 0 Å². The van der Waals surface area contributed by atoms with E-state index in [9.17, 15) is 23.1 Å². The van der Waals surface area contributed by atoms with Crippen LogP contribution in [0.15, 0.2) is 24.3 Å². The van der Waals surface area contributed by atoms with Crippen LogP contribution < -0.4 is 0 Å². The first-order chi connectivity index (χ1) is 11.4. The first-order valence-electron chi connectivity index (χ1n) is 8.20. The number of carboxylic acids is 1. The Labute approximate surface area is 141 Å². The molecule has 130 valence electrons. The molecule has 1 heterocycles. The van der Waals surface area contributed by atoms with E-state index in [1.165, 1.54) is 6.07 Å². The molecule has 0 spiro atoms. The van der Waals surface area contributed by atoms with Crippen molar-refractivity contribution in [3.05, 3.63) is 35.4 Å². The number of hydrogen-bond acceptors (Lipinski definition) is 4. The Bertz CT molecular complexity index is 754. The molecule has 1 aromatic carbocycles. The molecule has 24 heavy (non-hydrogen) atoms. The summed E-state index contributed by atoms with van der Waals surface area (Å²) in [4.78, 5) is 25.7. The predicted octanol–water partition coefficient (Wildman–Crippen LogP) is 1.50. The minimum Gasteiger partial charge on any atom is -0.478 e. The number of aromatic carboxylic acids is 1. The van der Waals surface area contributed by atoms with Gasteiger partial charge in [0.15, 0.2) is 9.84 Å². The minimum atomic E-state index is -3.04. The summed E-state index contributed by atoms with van der Waals surface area (Å²) < 4.78 is 23.4. The third kappa shape index (κ3) is 3.77. The second-order valence-corrected chi connectivity index (χ2v) is 8.78. The number of hydrogen-bond donors (Lipinski definition) is 1. The Morgan fingerprint density at radius 1 is 1.12 bits per heavy atom. The molecule has 6 nitrogen and oxygen atoms in total. The number of benzene rings is 1. The molecule has 1 aromatic rings. The van der Waals surface area contributed by atoms with Crippen LogP contribution in [0.2, 0.25) is 0 Å². The summed E-state index contributed by atoms with van der Waals surface area (Å²) >= 11 is 0. The van der Waals surface area contributed by atoms with Crippen molar-refractivity contribution in [2.75, 3.05) is 11.5 Å². The molecule has 0 aromatic heterocycles. The van der Waals surface area contributed by atoms with Gasteiger partial charge in [-0.05, 0) is 37.3 Å². The van der Waals surface area contributed by atoms with Crippen molar-refractivity contribution < 1.29 is 23.1 Å². The normalized spacial score (nSPS) is 22.2. The third-order valence-electron chi connectivity index (χ3n) is 4.69. The van der Waals surface area contributed by atoms with Crippen LogP contribution in [0.1, 0.15) is 41.6 Å². The number of carboxylic acid groups (broad SMARTS) is 1. The zero-order chi connectivity index (χ0) is 17.3. The molecular formula is C17H21NO5S. The molecule has 3 rings (SSSR count). The highest BCUT2D eigenvalue weighted by Gasteiger charge is 2.41. The summed E-state index contributed by atoms with van der Waals surface area (Å²) in [5, 5.41) is 9.21. The molecular weight excluding hydrogens is 330 g/mol. The number of rotatable bonds is 6. The second kappa shape index (κ2) is 6.55. The van der Waals surface area contributed by atoms with Crippen LogP contribution >= 0.6 is 0 Å². The van der Waals surface area contributed by atoms with E-state index in [1.54, 1.807) is 23.1 Å². The summed E-state index contributed by atoms with van der Waals surface area (Å²) in [6.07, 6.45) is 2.92. The van der Waals surface area contributed by atoms with Gasteiger partial charge in [0.1, 0.15) is 0 Å². The van der Waals surface area contributed by atoms with Crippen molar-refractivity contribution in [3.8, 4) is 0 Å². The largest absolute Gasteiger partial charge is 0.478 e. The number of carbonyl (C=O) groups excluding carboxylic acids is 1. The Kier molecular flexibility index (Phi) is 4.62. The summed E-state index contributed by atoms with van der Waals surface area (Å²) in [6.45, 7) is 0. The van der Waals surface area contributed by atoms with Crippen LogP contribution in [0.25, 0.3) is 0 Å². The molecule has 1 saturated heterocycles. The smallest absolute Gasteiger partial charge is 0.335 e. The lowest BCUT2D eigenvalue weighted by Crippen LogP contribution is -2.42. The Hall–Kier alpha value is -1.89. The molecule has 1 unspecified atom stereocenters. The summed E-state index contributed by atoms with van der Waals surface area (Å²) in [7, 11) is -3.04. The van der Waals surface area contributed by atoms with E-state index in [2.05, 4.69) is 0 Å². The molecule has 1 aliphatic carbocycles. The first kappa shape index (κ1) is 17.0. The molecule has 1 N–H and O–H groups in total. The van der Waals surface area contributed by atoms with Gasteiger partial charge in [-0.1, -0.05) is 18.2 Å². The number of nitrogens with zero attached hydrogens (tertiary/aromatic N) is 1. The molecule has 1 atom stereocenters. The molecule has 1 aliphatic heterocycles. The summed E-state index contributed by atoms with van der Waals surface area (Å²) in [5.74, 6) is -0.865. The van der Waals surface area contributed by atoms with Gasteiger partial charge in [-0.25, -0.2) is 13.2 Å². The van der Waals surface area contributed by atoms with E-state index in [1.807, 2.05) is 0 Å². The van der Waals surface area contributed by atoms with Gasteiger partial charge in [-0.3, -0.25) is 4.79 Å². The van der Waals surface area contributed by atoms with Gasteiger partial charge in [-0.2, -0.15) is 0 Å². The van der Waals surface area contributed by atoms with Crippen LogP contribution in [0, 0.1) is 0 Å². The van der Waals surface area contributed by atoms with Gasteiger partial charge in [0, 0.05) is 18.5 Å². The SMILES string of the molecule is O=C(O)c1ccccc1CCC(=O)N(C1CC1)C1CCS(=O)(=O)C1. The van der Waals surface area contributed by atoms with Gasteiger partial charge in [-0.15, -0.1) is 0 Å². The summed E-state index contributed by atoms with van der Waals surface area (Å²) in [5.41, 5.74) is 0.847. The van der Waals surface area contributed by atoms with E-state index >= 15 is 0 Å². The van der Waals surface area contributed by atoms with E-state index < -0.39 is 15.8 Å². The van der Waals surface area contributed by atoms with Gasteiger partial charge in [0.2, 0.25) is 5.91 Å². The molecule has 0 radical (unpaired) electrons. The average molecular weight is 351 g/mol. The van der Waals surface area contributed by atoms with Gasteiger partial charge in [0.05, 0.1) is 17.1 Å². The van der Waals surface area contributed by atoms with Gasteiger partial charge < -0.3 is 10.0 Å². The molecule has 2 fully saturated rings. The van der Waals surface area contributed by atoms with Crippen molar-refractivity contribution in [1.29, 1.82) is 0 Å². The van der Waals surface area contributed by atoms with Crippen molar-refractivity contribution in [2.45, 2.75) is 44.2 Å². The highest BCUT2D eigenvalue weighted by atomic mass is 32.2.